The molecule has 1 aromatic rings. The standard InChI is InChI=1S/C10H8F2O2/c1-14-10(13)5-3-7-2-4-8(11)9(12)6-7/h2-6H,1H3/b5-3+. The lowest BCUT2D eigenvalue weighted by molar-refractivity contribution is -0.134. The van der Waals surface area contributed by atoms with Crippen molar-refractivity contribution < 1.29 is 18.3 Å². The third kappa shape index (κ3) is 2.65. The van der Waals surface area contributed by atoms with Crippen LogP contribution in [0.2, 0.25) is 0 Å². The minimum atomic E-state index is -0.947. The van der Waals surface area contributed by atoms with Crippen molar-refractivity contribution in [3.63, 3.8) is 0 Å². The number of benzene rings is 1. The Hall–Kier alpha value is -1.71. The van der Waals surface area contributed by atoms with Crippen LogP contribution < -0.4 is 0 Å². The quantitative estimate of drug-likeness (QED) is 0.537. The first kappa shape index (κ1) is 10.4. The van der Waals surface area contributed by atoms with E-state index in [0.717, 1.165) is 18.2 Å². The van der Waals surface area contributed by atoms with Crippen LogP contribution >= 0.6 is 0 Å². The maximum atomic E-state index is 12.7. The Kier molecular flexibility index (Phi) is 3.34. The molecule has 1 aromatic carbocycles. The highest BCUT2D eigenvalue weighted by atomic mass is 19.2. The molecule has 74 valence electrons. The van der Waals surface area contributed by atoms with Gasteiger partial charge in [-0.05, 0) is 23.8 Å². The largest absolute Gasteiger partial charge is 0.466 e. The van der Waals surface area contributed by atoms with E-state index in [1.54, 1.807) is 0 Å². The Labute approximate surface area is 79.8 Å². The molecule has 0 heterocycles. The summed E-state index contributed by atoms with van der Waals surface area (Å²) in [6, 6.07) is 3.35. The highest BCUT2D eigenvalue weighted by molar-refractivity contribution is 5.86. The predicted molar refractivity (Wildman–Crippen MR) is 47.4 cm³/mol. The SMILES string of the molecule is COC(=O)/C=C/c1ccc(F)c(F)c1. The van der Waals surface area contributed by atoms with Gasteiger partial charge < -0.3 is 4.74 Å². The number of ether oxygens (including phenoxy) is 1. The van der Waals surface area contributed by atoms with Crippen LogP contribution in [0.4, 0.5) is 8.78 Å². The van der Waals surface area contributed by atoms with Gasteiger partial charge in [-0.1, -0.05) is 6.07 Å². The highest BCUT2D eigenvalue weighted by Gasteiger charge is 2.00. The Morgan fingerprint density at radius 3 is 2.64 bits per heavy atom. The lowest BCUT2D eigenvalue weighted by atomic mass is 10.2. The molecule has 0 aliphatic carbocycles. The third-order valence-electron chi connectivity index (χ3n) is 1.56. The molecule has 1 rings (SSSR count). The second kappa shape index (κ2) is 4.50. The fourth-order valence-corrected chi connectivity index (χ4v) is 0.848. The molecule has 0 atom stereocenters. The van der Waals surface area contributed by atoms with E-state index in [9.17, 15) is 13.6 Å². The van der Waals surface area contributed by atoms with Crippen LogP contribution in [-0.4, -0.2) is 13.1 Å². The summed E-state index contributed by atoms with van der Waals surface area (Å²) in [5.74, 6) is -2.41. The zero-order valence-corrected chi connectivity index (χ0v) is 7.46. The highest BCUT2D eigenvalue weighted by Crippen LogP contribution is 2.09. The number of hydrogen-bond donors (Lipinski definition) is 0. The molecule has 0 aromatic heterocycles. The van der Waals surface area contributed by atoms with Crippen molar-refractivity contribution in [2.24, 2.45) is 0 Å². The van der Waals surface area contributed by atoms with E-state index in [-0.39, 0.29) is 0 Å². The Morgan fingerprint density at radius 1 is 1.36 bits per heavy atom. The van der Waals surface area contributed by atoms with E-state index in [1.165, 1.54) is 19.3 Å². The molecule has 0 aliphatic heterocycles. The molecule has 0 bridgehead atoms. The van der Waals surface area contributed by atoms with E-state index < -0.39 is 17.6 Å². The van der Waals surface area contributed by atoms with Crippen molar-refractivity contribution in [3.8, 4) is 0 Å². The first-order valence-corrected chi connectivity index (χ1v) is 3.84. The average Bonchev–Trinajstić information content (AvgIpc) is 2.19. The number of carbonyl (C=O) groups is 1. The number of halogens is 2. The maximum absolute atomic E-state index is 12.7. The Balaban J connectivity index is 2.83. The second-order valence-electron chi connectivity index (χ2n) is 2.53. The summed E-state index contributed by atoms with van der Waals surface area (Å²) in [5.41, 5.74) is 0.398. The van der Waals surface area contributed by atoms with Crippen molar-refractivity contribution >= 4 is 12.0 Å². The molecule has 0 radical (unpaired) electrons. The summed E-state index contributed by atoms with van der Waals surface area (Å²) in [5, 5.41) is 0. The fourth-order valence-electron chi connectivity index (χ4n) is 0.848. The van der Waals surface area contributed by atoms with Crippen LogP contribution in [0.25, 0.3) is 6.08 Å². The lowest BCUT2D eigenvalue weighted by Crippen LogP contribution is -1.93. The van der Waals surface area contributed by atoms with Gasteiger partial charge in [0, 0.05) is 6.08 Å². The van der Waals surface area contributed by atoms with Gasteiger partial charge in [-0.2, -0.15) is 0 Å². The van der Waals surface area contributed by atoms with Crippen LogP contribution in [0.15, 0.2) is 24.3 Å². The molecule has 0 spiro atoms. The van der Waals surface area contributed by atoms with Crippen LogP contribution in [0.5, 0.6) is 0 Å². The van der Waals surface area contributed by atoms with Crippen molar-refractivity contribution in [2.45, 2.75) is 0 Å². The van der Waals surface area contributed by atoms with Gasteiger partial charge in [0.15, 0.2) is 11.6 Å². The zero-order valence-electron chi connectivity index (χ0n) is 7.46. The molecular formula is C10H8F2O2. The summed E-state index contributed by atoms with van der Waals surface area (Å²) >= 11 is 0. The number of esters is 1. The molecule has 14 heavy (non-hydrogen) atoms. The normalized spacial score (nSPS) is 10.5. The topological polar surface area (TPSA) is 26.3 Å². The van der Waals surface area contributed by atoms with Gasteiger partial charge in [-0.15, -0.1) is 0 Å². The first-order chi connectivity index (χ1) is 6.63. The molecular weight excluding hydrogens is 190 g/mol. The van der Waals surface area contributed by atoms with Crippen LogP contribution in [0.3, 0.4) is 0 Å². The monoisotopic (exact) mass is 198 g/mol. The fraction of sp³-hybridized carbons (Fsp3) is 0.100. The smallest absolute Gasteiger partial charge is 0.330 e. The second-order valence-corrected chi connectivity index (χ2v) is 2.53. The number of carbonyl (C=O) groups excluding carboxylic acids is 1. The van der Waals surface area contributed by atoms with Crippen LogP contribution in [-0.2, 0) is 9.53 Å². The molecule has 0 amide bonds. The summed E-state index contributed by atoms with van der Waals surface area (Å²) in [6.07, 6.45) is 2.47. The zero-order chi connectivity index (χ0) is 10.6. The van der Waals surface area contributed by atoms with Gasteiger partial charge >= 0.3 is 5.97 Å². The summed E-state index contributed by atoms with van der Waals surface area (Å²) in [4.78, 5) is 10.7. The van der Waals surface area contributed by atoms with Gasteiger partial charge in [-0.25, -0.2) is 13.6 Å². The lowest BCUT2D eigenvalue weighted by Gasteiger charge is -1.95. The van der Waals surface area contributed by atoms with Crippen LogP contribution in [0, 0.1) is 11.6 Å². The minimum absolute atomic E-state index is 0.398. The Bertz CT molecular complexity index is 372. The number of methoxy groups -OCH3 is 1. The van der Waals surface area contributed by atoms with E-state index >= 15 is 0 Å². The van der Waals surface area contributed by atoms with Gasteiger partial charge in [0.05, 0.1) is 7.11 Å². The molecule has 0 saturated carbocycles. The van der Waals surface area contributed by atoms with Crippen molar-refractivity contribution in [1.82, 2.24) is 0 Å². The van der Waals surface area contributed by atoms with Gasteiger partial charge in [0.25, 0.3) is 0 Å². The van der Waals surface area contributed by atoms with Crippen molar-refractivity contribution in [1.29, 1.82) is 0 Å². The molecule has 2 nitrogen and oxygen atoms in total. The summed E-state index contributed by atoms with van der Waals surface area (Å²) in [7, 11) is 1.23. The average molecular weight is 198 g/mol. The molecule has 0 fully saturated rings. The number of hydrogen-bond acceptors (Lipinski definition) is 2. The Morgan fingerprint density at radius 2 is 2.07 bits per heavy atom. The third-order valence-corrected chi connectivity index (χ3v) is 1.56. The summed E-state index contributed by atoms with van der Waals surface area (Å²) < 4.78 is 29.5. The van der Waals surface area contributed by atoms with Crippen molar-refractivity contribution in [3.05, 3.63) is 41.5 Å². The molecule has 0 unspecified atom stereocenters. The number of rotatable bonds is 2. The van der Waals surface area contributed by atoms with Gasteiger partial charge in [0.2, 0.25) is 0 Å². The van der Waals surface area contributed by atoms with E-state index in [4.69, 9.17) is 0 Å². The minimum Gasteiger partial charge on any atom is -0.466 e. The molecule has 0 saturated heterocycles. The van der Waals surface area contributed by atoms with E-state index in [0.29, 0.717) is 5.56 Å². The van der Waals surface area contributed by atoms with Crippen LogP contribution in [0.1, 0.15) is 5.56 Å². The predicted octanol–water partition coefficient (Wildman–Crippen LogP) is 2.15. The van der Waals surface area contributed by atoms with Gasteiger partial charge in [-0.3, -0.25) is 0 Å². The van der Waals surface area contributed by atoms with Gasteiger partial charge in [0.1, 0.15) is 0 Å². The molecule has 0 aliphatic rings. The van der Waals surface area contributed by atoms with E-state index in [1.807, 2.05) is 0 Å². The molecule has 0 N–H and O–H groups in total. The van der Waals surface area contributed by atoms with E-state index in [2.05, 4.69) is 4.74 Å². The first-order valence-electron chi connectivity index (χ1n) is 3.84. The maximum Gasteiger partial charge on any atom is 0.330 e. The summed E-state index contributed by atoms with van der Waals surface area (Å²) in [6.45, 7) is 0. The van der Waals surface area contributed by atoms with Crippen molar-refractivity contribution in [2.75, 3.05) is 7.11 Å². The molecule has 4 heteroatoms.